The van der Waals surface area contributed by atoms with Crippen LogP contribution in [0.5, 0.6) is 0 Å². The van der Waals surface area contributed by atoms with Gasteiger partial charge in [-0.3, -0.25) is 4.79 Å². The van der Waals surface area contributed by atoms with Crippen molar-refractivity contribution >= 4 is 18.0 Å². The summed E-state index contributed by atoms with van der Waals surface area (Å²) in [6.45, 7) is 4.11. The maximum atomic E-state index is 10.7. The van der Waals surface area contributed by atoms with Crippen LogP contribution in [0.1, 0.15) is 29.0 Å². The van der Waals surface area contributed by atoms with Crippen LogP contribution in [0.4, 0.5) is 0 Å². The van der Waals surface area contributed by atoms with Crippen LogP contribution in [0.25, 0.3) is 0 Å². The molecule has 6 heteroatoms. The van der Waals surface area contributed by atoms with Crippen molar-refractivity contribution in [3.63, 3.8) is 0 Å². The van der Waals surface area contributed by atoms with Gasteiger partial charge in [-0.15, -0.1) is 0 Å². The molecule has 1 aromatic rings. The molecule has 0 radical (unpaired) electrons. The Morgan fingerprint density at radius 1 is 1.40 bits per heavy atom. The number of hydrogen-bond acceptors (Lipinski definition) is 6. The molecule has 0 aromatic carbocycles. The zero-order chi connectivity index (χ0) is 14.6. The van der Waals surface area contributed by atoms with Crippen LogP contribution >= 0.6 is 11.8 Å². The largest absolute Gasteiger partial charge is 0.378 e. The van der Waals surface area contributed by atoms with Crippen molar-refractivity contribution in [1.82, 2.24) is 4.98 Å². The van der Waals surface area contributed by atoms with E-state index in [0.29, 0.717) is 37.9 Å². The van der Waals surface area contributed by atoms with Gasteiger partial charge in [0.05, 0.1) is 26.4 Å². The molecule has 5 nitrogen and oxygen atoms in total. The van der Waals surface area contributed by atoms with E-state index in [2.05, 4.69) is 4.98 Å². The van der Waals surface area contributed by atoms with Gasteiger partial charge in [-0.05, 0) is 23.9 Å². The summed E-state index contributed by atoms with van der Waals surface area (Å²) < 4.78 is 10.8. The first-order valence-corrected chi connectivity index (χ1v) is 7.35. The van der Waals surface area contributed by atoms with Crippen molar-refractivity contribution in [2.75, 3.05) is 32.2 Å². The summed E-state index contributed by atoms with van der Waals surface area (Å²) in [7, 11) is 0. The SMILES string of the molecule is CC(COCCOCCSC#N)c1cccc(C=O)n1. The third-order valence-electron chi connectivity index (χ3n) is 2.55. The second kappa shape index (κ2) is 10.4. The minimum atomic E-state index is 0.129. The van der Waals surface area contributed by atoms with Crippen LogP contribution in [0.3, 0.4) is 0 Å². The Balaban J connectivity index is 2.15. The highest BCUT2D eigenvalue weighted by Gasteiger charge is 2.07. The maximum absolute atomic E-state index is 10.7. The smallest absolute Gasteiger partial charge is 0.168 e. The van der Waals surface area contributed by atoms with E-state index in [0.717, 1.165) is 12.0 Å². The number of carbonyl (C=O) groups excluding carboxylic acids is 1. The van der Waals surface area contributed by atoms with Gasteiger partial charge in [-0.1, -0.05) is 13.0 Å². The molecule has 20 heavy (non-hydrogen) atoms. The van der Waals surface area contributed by atoms with E-state index in [1.807, 2.05) is 24.5 Å². The molecule has 1 aromatic heterocycles. The molecule has 0 aliphatic carbocycles. The summed E-state index contributed by atoms with van der Waals surface area (Å²) >= 11 is 1.18. The highest BCUT2D eigenvalue weighted by molar-refractivity contribution is 8.03. The highest BCUT2D eigenvalue weighted by atomic mass is 32.2. The summed E-state index contributed by atoms with van der Waals surface area (Å²) in [5.74, 6) is 0.805. The van der Waals surface area contributed by atoms with Crippen molar-refractivity contribution in [2.24, 2.45) is 0 Å². The number of hydrogen-bond donors (Lipinski definition) is 0. The van der Waals surface area contributed by atoms with E-state index in [4.69, 9.17) is 14.7 Å². The van der Waals surface area contributed by atoms with Crippen LogP contribution in [-0.2, 0) is 9.47 Å². The van der Waals surface area contributed by atoms with E-state index in [9.17, 15) is 4.79 Å². The Morgan fingerprint density at radius 3 is 2.95 bits per heavy atom. The molecule has 0 N–H and O–H groups in total. The average molecular weight is 294 g/mol. The fourth-order valence-electron chi connectivity index (χ4n) is 1.52. The first-order chi connectivity index (χ1) is 9.77. The van der Waals surface area contributed by atoms with Crippen molar-refractivity contribution in [3.05, 3.63) is 29.6 Å². The molecule has 108 valence electrons. The Kier molecular flexibility index (Phi) is 8.63. The molecule has 0 fully saturated rings. The van der Waals surface area contributed by atoms with Gasteiger partial charge in [0.1, 0.15) is 11.1 Å². The number of thiocyanates is 1. The van der Waals surface area contributed by atoms with Crippen LogP contribution in [0, 0.1) is 10.7 Å². The van der Waals surface area contributed by atoms with Crippen LogP contribution in [0.15, 0.2) is 18.2 Å². The second-order valence-corrected chi connectivity index (χ2v) is 5.01. The molecule has 0 bridgehead atoms. The third-order valence-corrected chi connectivity index (χ3v) is 3.05. The number of nitrogens with zero attached hydrogens (tertiary/aromatic N) is 2. The van der Waals surface area contributed by atoms with Gasteiger partial charge in [0, 0.05) is 17.4 Å². The van der Waals surface area contributed by atoms with Crippen LogP contribution in [0.2, 0.25) is 0 Å². The van der Waals surface area contributed by atoms with E-state index in [-0.39, 0.29) is 5.92 Å². The van der Waals surface area contributed by atoms with Crippen molar-refractivity contribution in [2.45, 2.75) is 12.8 Å². The lowest BCUT2D eigenvalue weighted by molar-refractivity contribution is 0.0489. The number of thioether (sulfide) groups is 1. The second-order valence-electron chi connectivity index (χ2n) is 4.13. The molecule has 1 heterocycles. The van der Waals surface area contributed by atoms with E-state index in [1.165, 1.54) is 11.8 Å². The van der Waals surface area contributed by atoms with Gasteiger partial charge in [0.2, 0.25) is 0 Å². The monoisotopic (exact) mass is 294 g/mol. The molecule has 0 aliphatic rings. The molecule has 1 rings (SSSR count). The van der Waals surface area contributed by atoms with Crippen molar-refractivity contribution in [1.29, 1.82) is 5.26 Å². The lowest BCUT2D eigenvalue weighted by Crippen LogP contribution is -2.11. The molecule has 1 unspecified atom stereocenters. The summed E-state index contributed by atoms with van der Waals surface area (Å²) in [4.78, 5) is 14.9. The number of carbonyl (C=O) groups is 1. The number of pyridine rings is 1. The molecule has 0 aliphatic heterocycles. The quantitative estimate of drug-likeness (QED) is 0.374. The molecule has 0 spiro atoms. The molecule has 1 atom stereocenters. The normalized spacial score (nSPS) is 11.8. The van der Waals surface area contributed by atoms with Gasteiger partial charge in [-0.25, -0.2) is 4.98 Å². The topological polar surface area (TPSA) is 72.2 Å². The Hall–Kier alpha value is -1.42. The summed E-state index contributed by atoms with van der Waals surface area (Å²) in [6.07, 6.45) is 0.740. The van der Waals surface area contributed by atoms with Gasteiger partial charge in [0.25, 0.3) is 0 Å². The fourth-order valence-corrected chi connectivity index (χ4v) is 1.81. The third kappa shape index (κ3) is 6.66. The number of rotatable bonds is 10. The zero-order valence-electron chi connectivity index (χ0n) is 11.4. The first-order valence-electron chi connectivity index (χ1n) is 6.36. The highest BCUT2D eigenvalue weighted by Crippen LogP contribution is 2.12. The van der Waals surface area contributed by atoms with Crippen LogP contribution < -0.4 is 0 Å². The number of nitriles is 1. The number of aromatic nitrogens is 1. The summed E-state index contributed by atoms with van der Waals surface area (Å²) in [5.41, 5.74) is 1.29. The fraction of sp³-hybridized carbons (Fsp3) is 0.500. The molecule has 0 saturated carbocycles. The molecule has 0 amide bonds. The standard InChI is InChI=1S/C14H18N2O3S/c1-12(14-4-2-3-13(9-17)16-14)10-19-6-5-18-7-8-20-11-15/h2-4,9,12H,5-8,10H2,1H3. The minimum absolute atomic E-state index is 0.129. The van der Waals surface area contributed by atoms with Gasteiger partial charge < -0.3 is 9.47 Å². The molecular weight excluding hydrogens is 276 g/mol. The number of aldehydes is 1. The lowest BCUT2D eigenvalue weighted by atomic mass is 10.1. The van der Waals surface area contributed by atoms with Crippen LogP contribution in [-0.4, -0.2) is 43.5 Å². The maximum Gasteiger partial charge on any atom is 0.168 e. The van der Waals surface area contributed by atoms with Gasteiger partial charge in [-0.2, -0.15) is 5.26 Å². The summed E-state index contributed by atoms with van der Waals surface area (Å²) in [5, 5.41) is 10.3. The van der Waals surface area contributed by atoms with E-state index < -0.39 is 0 Å². The Morgan fingerprint density at radius 2 is 2.20 bits per heavy atom. The van der Waals surface area contributed by atoms with E-state index >= 15 is 0 Å². The molecular formula is C14H18N2O3S. The van der Waals surface area contributed by atoms with Gasteiger partial charge >= 0.3 is 0 Å². The van der Waals surface area contributed by atoms with Crippen molar-refractivity contribution < 1.29 is 14.3 Å². The molecule has 0 saturated heterocycles. The number of ether oxygens (including phenoxy) is 2. The Labute approximate surface area is 123 Å². The predicted octanol–water partition coefficient (Wildman–Crippen LogP) is 2.25. The lowest BCUT2D eigenvalue weighted by Gasteiger charge is -2.12. The van der Waals surface area contributed by atoms with Crippen molar-refractivity contribution in [3.8, 4) is 5.40 Å². The van der Waals surface area contributed by atoms with E-state index in [1.54, 1.807) is 6.07 Å². The Bertz CT molecular complexity index is 448. The van der Waals surface area contributed by atoms with Gasteiger partial charge in [0.15, 0.2) is 6.29 Å². The summed E-state index contributed by atoms with van der Waals surface area (Å²) in [6, 6.07) is 5.38. The first kappa shape index (κ1) is 16.6. The average Bonchev–Trinajstić information content (AvgIpc) is 2.49. The predicted molar refractivity (Wildman–Crippen MR) is 77.7 cm³/mol. The minimum Gasteiger partial charge on any atom is -0.378 e. The zero-order valence-corrected chi connectivity index (χ0v) is 12.3.